The standard InChI is InChI=1S/C6H9O/c1-2-3-6-4-7-5-6/h2-3,6H,1,4-5H2. The van der Waals surface area contributed by atoms with Crippen molar-refractivity contribution in [3.8, 4) is 0 Å². The van der Waals surface area contributed by atoms with Gasteiger partial charge in [0.15, 0.2) is 0 Å². The minimum absolute atomic E-state index is 0.664. The summed E-state index contributed by atoms with van der Waals surface area (Å²) < 4.78 is 4.91. The summed E-state index contributed by atoms with van der Waals surface area (Å²) in [5.41, 5.74) is 0. The first kappa shape index (κ1) is 4.85. The highest BCUT2D eigenvalue weighted by molar-refractivity contribution is 4.94. The van der Waals surface area contributed by atoms with Gasteiger partial charge in [0.2, 0.25) is 0 Å². The predicted molar refractivity (Wildman–Crippen MR) is 28.8 cm³/mol. The second-order valence-electron chi connectivity index (χ2n) is 1.73. The van der Waals surface area contributed by atoms with E-state index in [0.29, 0.717) is 5.92 Å². The highest BCUT2D eigenvalue weighted by atomic mass is 16.5. The fourth-order valence-corrected chi connectivity index (χ4v) is 0.557. The zero-order valence-corrected chi connectivity index (χ0v) is 4.26. The lowest BCUT2D eigenvalue weighted by molar-refractivity contribution is -0.0134. The van der Waals surface area contributed by atoms with Crippen LogP contribution in [-0.4, -0.2) is 13.2 Å². The molecule has 0 N–H and O–H groups in total. The minimum Gasteiger partial charge on any atom is -0.381 e. The van der Waals surface area contributed by atoms with Crippen molar-refractivity contribution in [1.29, 1.82) is 0 Å². The first-order chi connectivity index (χ1) is 3.43. The molecular formula is C6H9O. The summed E-state index contributed by atoms with van der Waals surface area (Å²) in [6, 6.07) is 0. The van der Waals surface area contributed by atoms with E-state index in [0.717, 1.165) is 13.2 Å². The van der Waals surface area contributed by atoms with Crippen molar-refractivity contribution in [3.63, 3.8) is 0 Å². The maximum atomic E-state index is 4.91. The van der Waals surface area contributed by atoms with Crippen molar-refractivity contribution >= 4 is 0 Å². The second-order valence-corrected chi connectivity index (χ2v) is 1.73. The smallest absolute Gasteiger partial charge is 0.0522 e. The SMILES string of the molecule is C=C[CH]C1COC1. The third-order valence-electron chi connectivity index (χ3n) is 1.07. The number of hydrogen-bond donors (Lipinski definition) is 0. The monoisotopic (exact) mass is 97.1 g/mol. The zero-order chi connectivity index (χ0) is 5.11. The molecule has 39 valence electrons. The van der Waals surface area contributed by atoms with E-state index in [4.69, 9.17) is 4.74 Å². The first-order valence-corrected chi connectivity index (χ1v) is 2.47. The zero-order valence-electron chi connectivity index (χ0n) is 4.26. The van der Waals surface area contributed by atoms with Crippen molar-refractivity contribution in [2.75, 3.05) is 13.2 Å². The normalized spacial score (nSPS) is 21.1. The molecule has 1 rings (SSSR count). The van der Waals surface area contributed by atoms with Gasteiger partial charge in [0.25, 0.3) is 0 Å². The predicted octanol–water partition coefficient (Wildman–Crippen LogP) is 1.02. The van der Waals surface area contributed by atoms with Crippen molar-refractivity contribution in [2.45, 2.75) is 0 Å². The van der Waals surface area contributed by atoms with E-state index in [9.17, 15) is 0 Å². The molecule has 0 aliphatic carbocycles. The molecule has 1 saturated heterocycles. The van der Waals surface area contributed by atoms with Crippen LogP contribution in [0.15, 0.2) is 12.7 Å². The molecule has 1 heterocycles. The van der Waals surface area contributed by atoms with Crippen molar-refractivity contribution in [2.24, 2.45) is 5.92 Å². The molecule has 0 bridgehead atoms. The van der Waals surface area contributed by atoms with Crippen LogP contribution in [0.3, 0.4) is 0 Å². The topological polar surface area (TPSA) is 9.23 Å². The molecule has 1 heteroatoms. The Kier molecular flexibility index (Phi) is 1.47. The maximum Gasteiger partial charge on any atom is 0.0522 e. The molecule has 1 nitrogen and oxygen atoms in total. The lowest BCUT2D eigenvalue weighted by Gasteiger charge is -2.23. The number of rotatable bonds is 2. The van der Waals surface area contributed by atoms with E-state index in [1.807, 2.05) is 6.08 Å². The lowest BCUT2D eigenvalue weighted by Crippen LogP contribution is -2.26. The fraction of sp³-hybridized carbons (Fsp3) is 0.500. The minimum atomic E-state index is 0.664. The van der Waals surface area contributed by atoms with Gasteiger partial charge in [0.1, 0.15) is 0 Å². The molecule has 0 spiro atoms. The average molecular weight is 97.1 g/mol. The number of allylic oxidation sites excluding steroid dienone is 1. The van der Waals surface area contributed by atoms with Gasteiger partial charge in [-0.3, -0.25) is 0 Å². The Morgan fingerprint density at radius 1 is 1.57 bits per heavy atom. The van der Waals surface area contributed by atoms with E-state index in [1.165, 1.54) is 0 Å². The quantitative estimate of drug-likeness (QED) is 0.500. The Hall–Kier alpha value is -0.300. The van der Waals surface area contributed by atoms with Crippen LogP contribution in [0, 0.1) is 12.3 Å². The van der Waals surface area contributed by atoms with E-state index in [2.05, 4.69) is 13.0 Å². The highest BCUT2D eigenvalue weighted by Crippen LogP contribution is 2.12. The molecule has 0 unspecified atom stereocenters. The maximum absolute atomic E-state index is 4.91. The van der Waals surface area contributed by atoms with Crippen LogP contribution in [0.1, 0.15) is 0 Å². The van der Waals surface area contributed by atoms with E-state index in [-0.39, 0.29) is 0 Å². The Balaban J connectivity index is 2.03. The van der Waals surface area contributed by atoms with Gasteiger partial charge in [-0.2, -0.15) is 0 Å². The van der Waals surface area contributed by atoms with Crippen LogP contribution in [0.25, 0.3) is 0 Å². The lowest BCUT2D eigenvalue weighted by atomic mass is 10.1. The average Bonchev–Trinajstić information content (AvgIpc) is 1.55. The fourth-order valence-electron chi connectivity index (χ4n) is 0.557. The van der Waals surface area contributed by atoms with E-state index in [1.54, 1.807) is 0 Å². The Labute approximate surface area is 44.0 Å². The molecule has 0 saturated carbocycles. The van der Waals surface area contributed by atoms with Gasteiger partial charge >= 0.3 is 0 Å². The van der Waals surface area contributed by atoms with Gasteiger partial charge in [-0.1, -0.05) is 6.08 Å². The molecule has 7 heavy (non-hydrogen) atoms. The molecule has 1 radical (unpaired) electrons. The third-order valence-corrected chi connectivity index (χ3v) is 1.07. The van der Waals surface area contributed by atoms with Crippen molar-refractivity contribution < 1.29 is 4.74 Å². The Morgan fingerprint density at radius 2 is 2.29 bits per heavy atom. The molecule has 0 aromatic heterocycles. The number of ether oxygens (including phenoxy) is 1. The van der Waals surface area contributed by atoms with Crippen LogP contribution in [0.5, 0.6) is 0 Å². The van der Waals surface area contributed by atoms with Crippen LogP contribution in [0.2, 0.25) is 0 Å². The van der Waals surface area contributed by atoms with Gasteiger partial charge in [-0.05, 0) is 6.42 Å². The molecule has 0 amide bonds. The molecule has 1 fully saturated rings. The van der Waals surface area contributed by atoms with Gasteiger partial charge in [-0.15, -0.1) is 6.58 Å². The first-order valence-electron chi connectivity index (χ1n) is 2.47. The third kappa shape index (κ3) is 1.03. The molecule has 1 aliphatic heterocycles. The summed E-state index contributed by atoms with van der Waals surface area (Å²) in [7, 11) is 0. The van der Waals surface area contributed by atoms with Gasteiger partial charge in [0, 0.05) is 5.92 Å². The Morgan fingerprint density at radius 3 is 2.43 bits per heavy atom. The van der Waals surface area contributed by atoms with Gasteiger partial charge < -0.3 is 4.74 Å². The van der Waals surface area contributed by atoms with Crippen molar-refractivity contribution in [1.82, 2.24) is 0 Å². The summed E-state index contributed by atoms with van der Waals surface area (Å²) in [6.45, 7) is 5.36. The van der Waals surface area contributed by atoms with Crippen LogP contribution in [-0.2, 0) is 4.74 Å². The summed E-state index contributed by atoms with van der Waals surface area (Å²) in [5, 5.41) is 0. The molecule has 1 aliphatic rings. The summed E-state index contributed by atoms with van der Waals surface area (Å²) in [6.07, 6.45) is 3.90. The Bertz CT molecular complexity index is 64.6. The van der Waals surface area contributed by atoms with E-state index >= 15 is 0 Å². The molecule has 0 aromatic carbocycles. The second kappa shape index (κ2) is 2.12. The van der Waals surface area contributed by atoms with Crippen molar-refractivity contribution in [3.05, 3.63) is 19.1 Å². The van der Waals surface area contributed by atoms with Crippen LogP contribution < -0.4 is 0 Å². The van der Waals surface area contributed by atoms with Crippen LogP contribution in [0.4, 0.5) is 0 Å². The molecule has 0 atom stereocenters. The summed E-state index contributed by atoms with van der Waals surface area (Å²) >= 11 is 0. The van der Waals surface area contributed by atoms with Crippen LogP contribution >= 0.6 is 0 Å². The summed E-state index contributed by atoms with van der Waals surface area (Å²) in [5.74, 6) is 0.664. The van der Waals surface area contributed by atoms with E-state index < -0.39 is 0 Å². The summed E-state index contributed by atoms with van der Waals surface area (Å²) in [4.78, 5) is 0. The molecule has 0 aromatic rings. The highest BCUT2D eigenvalue weighted by Gasteiger charge is 2.15. The molecular weight excluding hydrogens is 88.1 g/mol. The number of hydrogen-bond acceptors (Lipinski definition) is 1. The largest absolute Gasteiger partial charge is 0.381 e. The van der Waals surface area contributed by atoms with Gasteiger partial charge in [-0.25, -0.2) is 0 Å². The van der Waals surface area contributed by atoms with Gasteiger partial charge in [0.05, 0.1) is 13.2 Å².